The van der Waals surface area contributed by atoms with Crippen LogP contribution < -0.4 is 5.73 Å². The summed E-state index contributed by atoms with van der Waals surface area (Å²) < 4.78 is 1.02. The third-order valence-corrected chi connectivity index (χ3v) is 3.08. The summed E-state index contributed by atoms with van der Waals surface area (Å²) in [4.78, 5) is 8.85. The highest BCUT2D eigenvalue weighted by Crippen LogP contribution is 2.21. The topological polar surface area (TPSA) is 51.8 Å². The van der Waals surface area contributed by atoms with Gasteiger partial charge >= 0.3 is 0 Å². The molecule has 0 aliphatic carbocycles. The quantitative estimate of drug-likeness (QED) is 0.924. The summed E-state index contributed by atoms with van der Waals surface area (Å²) in [5.74, 6) is 0.730. The van der Waals surface area contributed by atoms with Crippen molar-refractivity contribution in [3.8, 4) is 11.4 Å². The third kappa shape index (κ3) is 2.70. The van der Waals surface area contributed by atoms with E-state index in [2.05, 4.69) is 25.9 Å². The summed E-state index contributed by atoms with van der Waals surface area (Å²) in [7, 11) is 0. The molecule has 0 saturated heterocycles. The maximum absolute atomic E-state index is 5.84. The van der Waals surface area contributed by atoms with Gasteiger partial charge in [-0.3, -0.25) is 0 Å². The Morgan fingerprint density at radius 2 is 2.12 bits per heavy atom. The first-order valence-corrected chi connectivity index (χ1v) is 6.22. The Bertz CT molecular complexity index is 538. The molecule has 1 aromatic heterocycles. The predicted molar refractivity (Wildman–Crippen MR) is 72.5 cm³/mol. The molecule has 17 heavy (non-hydrogen) atoms. The standard InChI is InChI=1S/C13H14BrN3/c1-8(15)12-7-16-13(17-9(12)2)10-4-3-5-11(14)6-10/h3-8H,15H2,1-2H3/t8-/m0/s1. The molecule has 0 fully saturated rings. The van der Waals surface area contributed by atoms with Gasteiger partial charge in [-0.1, -0.05) is 28.1 Å². The molecule has 0 spiro atoms. The highest BCUT2D eigenvalue weighted by molar-refractivity contribution is 9.10. The van der Waals surface area contributed by atoms with Crippen LogP contribution in [0.4, 0.5) is 0 Å². The Balaban J connectivity index is 2.44. The van der Waals surface area contributed by atoms with Crippen LogP contribution >= 0.6 is 15.9 Å². The average Bonchev–Trinajstić information content (AvgIpc) is 2.28. The van der Waals surface area contributed by atoms with Crippen molar-refractivity contribution in [2.24, 2.45) is 5.73 Å². The summed E-state index contributed by atoms with van der Waals surface area (Å²) in [6, 6.07) is 7.90. The molecule has 2 N–H and O–H groups in total. The van der Waals surface area contributed by atoms with Gasteiger partial charge in [-0.2, -0.15) is 0 Å². The van der Waals surface area contributed by atoms with E-state index in [1.54, 1.807) is 0 Å². The molecule has 4 heteroatoms. The zero-order valence-corrected chi connectivity index (χ0v) is 11.4. The molecule has 88 valence electrons. The van der Waals surface area contributed by atoms with Gasteiger partial charge < -0.3 is 5.73 Å². The number of nitrogens with two attached hydrogens (primary N) is 1. The van der Waals surface area contributed by atoms with E-state index in [-0.39, 0.29) is 6.04 Å². The van der Waals surface area contributed by atoms with E-state index >= 15 is 0 Å². The molecule has 0 amide bonds. The molecular formula is C13H14BrN3. The Labute approximate surface area is 109 Å². The molecule has 0 unspecified atom stereocenters. The van der Waals surface area contributed by atoms with Crippen LogP contribution in [0.1, 0.15) is 24.2 Å². The number of nitrogens with zero attached hydrogens (tertiary/aromatic N) is 2. The second kappa shape index (κ2) is 4.94. The van der Waals surface area contributed by atoms with Crippen molar-refractivity contribution in [3.63, 3.8) is 0 Å². The largest absolute Gasteiger partial charge is 0.324 e. The van der Waals surface area contributed by atoms with Crippen LogP contribution in [0.5, 0.6) is 0 Å². The van der Waals surface area contributed by atoms with Gasteiger partial charge in [0, 0.05) is 33.5 Å². The second-order valence-electron chi connectivity index (χ2n) is 4.03. The second-order valence-corrected chi connectivity index (χ2v) is 4.95. The van der Waals surface area contributed by atoms with E-state index in [1.807, 2.05) is 44.3 Å². The SMILES string of the molecule is Cc1nc(-c2cccc(Br)c2)ncc1[C@H](C)N. The fourth-order valence-electron chi connectivity index (χ4n) is 1.69. The van der Waals surface area contributed by atoms with Crippen LogP contribution in [0.25, 0.3) is 11.4 Å². The van der Waals surface area contributed by atoms with Crippen LogP contribution in [-0.4, -0.2) is 9.97 Å². The minimum Gasteiger partial charge on any atom is -0.324 e. The van der Waals surface area contributed by atoms with Crippen molar-refractivity contribution in [3.05, 3.63) is 46.2 Å². The van der Waals surface area contributed by atoms with E-state index in [0.29, 0.717) is 0 Å². The first-order chi connectivity index (χ1) is 8.08. The van der Waals surface area contributed by atoms with E-state index in [4.69, 9.17) is 5.73 Å². The molecule has 3 nitrogen and oxygen atoms in total. The summed E-state index contributed by atoms with van der Waals surface area (Å²) in [5.41, 5.74) is 8.76. The Morgan fingerprint density at radius 3 is 2.71 bits per heavy atom. The van der Waals surface area contributed by atoms with E-state index in [0.717, 1.165) is 27.1 Å². The Morgan fingerprint density at radius 1 is 1.35 bits per heavy atom. The van der Waals surface area contributed by atoms with Crippen molar-refractivity contribution in [2.45, 2.75) is 19.9 Å². The van der Waals surface area contributed by atoms with Crippen LogP contribution in [0.15, 0.2) is 34.9 Å². The smallest absolute Gasteiger partial charge is 0.159 e. The zero-order chi connectivity index (χ0) is 12.4. The third-order valence-electron chi connectivity index (χ3n) is 2.59. The van der Waals surface area contributed by atoms with Crippen LogP contribution in [-0.2, 0) is 0 Å². The average molecular weight is 292 g/mol. The molecule has 0 radical (unpaired) electrons. The molecular weight excluding hydrogens is 278 g/mol. The number of aryl methyl sites for hydroxylation is 1. The van der Waals surface area contributed by atoms with E-state index in [9.17, 15) is 0 Å². The highest BCUT2D eigenvalue weighted by atomic mass is 79.9. The van der Waals surface area contributed by atoms with Crippen LogP contribution in [0.3, 0.4) is 0 Å². The monoisotopic (exact) mass is 291 g/mol. The first-order valence-electron chi connectivity index (χ1n) is 5.43. The van der Waals surface area contributed by atoms with E-state index < -0.39 is 0 Å². The minimum atomic E-state index is -0.0356. The van der Waals surface area contributed by atoms with Crippen molar-refractivity contribution in [2.75, 3.05) is 0 Å². The lowest BCUT2D eigenvalue weighted by Gasteiger charge is -2.09. The summed E-state index contributed by atoms with van der Waals surface area (Å²) in [6.45, 7) is 3.90. The fourth-order valence-corrected chi connectivity index (χ4v) is 2.09. The molecule has 1 aromatic carbocycles. The fraction of sp³-hybridized carbons (Fsp3) is 0.231. The molecule has 2 rings (SSSR count). The Kier molecular flexibility index (Phi) is 3.54. The minimum absolute atomic E-state index is 0.0356. The van der Waals surface area contributed by atoms with Gasteiger partial charge in [0.15, 0.2) is 5.82 Å². The molecule has 0 aliphatic heterocycles. The highest BCUT2D eigenvalue weighted by Gasteiger charge is 2.08. The number of rotatable bonds is 2. The summed E-state index contributed by atoms with van der Waals surface area (Å²) >= 11 is 3.44. The lowest BCUT2D eigenvalue weighted by molar-refractivity contribution is 0.790. The van der Waals surface area contributed by atoms with Gasteiger partial charge in [-0.05, 0) is 26.0 Å². The van der Waals surface area contributed by atoms with Gasteiger partial charge in [0.05, 0.1) is 0 Å². The molecule has 0 bridgehead atoms. The van der Waals surface area contributed by atoms with Crippen molar-refractivity contribution < 1.29 is 0 Å². The lowest BCUT2D eigenvalue weighted by atomic mass is 10.1. The molecule has 2 aromatic rings. The van der Waals surface area contributed by atoms with Crippen LogP contribution in [0, 0.1) is 6.92 Å². The van der Waals surface area contributed by atoms with E-state index in [1.165, 1.54) is 0 Å². The predicted octanol–water partition coefficient (Wildman–Crippen LogP) is 3.23. The number of hydrogen-bond acceptors (Lipinski definition) is 3. The van der Waals surface area contributed by atoms with Crippen molar-refractivity contribution >= 4 is 15.9 Å². The summed E-state index contributed by atoms with van der Waals surface area (Å²) in [5, 5.41) is 0. The van der Waals surface area contributed by atoms with Crippen molar-refractivity contribution in [1.29, 1.82) is 0 Å². The van der Waals surface area contributed by atoms with Crippen molar-refractivity contribution in [1.82, 2.24) is 9.97 Å². The van der Waals surface area contributed by atoms with Gasteiger partial charge in [-0.15, -0.1) is 0 Å². The number of benzene rings is 1. The molecule has 1 heterocycles. The maximum atomic E-state index is 5.84. The zero-order valence-electron chi connectivity index (χ0n) is 9.81. The number of aromatic nitrogens is 2. The Hall–Kier alpha value is -1.26. The maximum Gasteiger partial charge on any atom is 0.159 e. The number of hydrogen-bond donors (Lipinski definition) is 1. The van der Waals surface area contributed by atoms with Gasteiger partial charge in [0.25, 0.3) is 0 Å². The van der Waals surface area contributed by atoms with Gasteiger partial charge in [0.1, 0.15) is 0 Å². The molecule has 0 aliphatic rings. The lowest BCUT2D eigenvalue weighted by Crippen LogP contribution is -2.09. The molecule has 1 atom stereocenters. The first kappa shape index (κ1) is 12.2. The van der Waals surface area contributed by atoms with Gasteiger partial charge in [0.2, 0.25) is 0 Å². The molecule has 0 saturated carbocycles. The number of halogens is 1. The summed E-state index contributed by atoms with van der Waals surface area (Å²) in [6.07, 6.45) is 1.81. The van der Waals surface area contributed by atoms with Gasteiger partial charge in [-0.25, -0.2) is 9.97 Å². The van der Waals surface area contributed by atoms with Crippen LogP contribution in [0.2, 0.25) is 0 Å². The normalized spacial score (nSPS) is 12.5.